The molecule has 1 aromatic heterocycles. The molecule has 0 spiro atoms. The summed E-state index contributed by atoms with van der Waals surface area (Å²) in [5, 5.41) is 0.913. The number of rotatable bonds is 9. The summed E-state index contributed by atoms with van der Waals surface area (Å²) in [5.41, 5.74) is 1.51. The second kappa shape index (κ2) is 9.06. The molecule has 0 fully saturated rings. The predicted octanol–water partition coefficient (Wildman–Crippen LogP) is 4.16. The largest absolute Gasteiger partial charge is 0.493 e. The Morgan fingerprint density at radius 1 is 1.12 bits per heavy atom. The third kappa shape index (κ3) is 5.78. The maximum Gasteiger partial charge on any atom is 0.336 e. The Morgan fingerprint density at radius 3 is 2.56 bits per heavy atom. The number of hydrogen-bond acceptors (Lipinski definition) is 5. The van der Waals surface area contributed by atoms with E-state index in [9.17, 15) is 9.59 Å². The fourth-order valence-corrected chi connectivity index (χ4v) is 2.43. The average Bonchev–Trinajstić information content (AvgIpc) is 2.56. The molecule has 1 heterocycles. The molecule has 0 atom stereocenters. The van der Waals surface area contributed by atoms with E-state index >= 15 is 0 Å². The minimum Gasteiger partial charge on any atom is -0.493 e. The van der Waals surface area contributed by atoms with E-state index in [1.54, 1.807) is 13.0 Å². The highest BCUT2D eigenvalue weighted by Gasteiger charge is 2.04. The topological polar surface area (TPSA) is 65.7 Å². The van der Waals surface area contributed by atoms with Crippen molar-refractivity contribution in [2.45, 2.75) is 39.5 Å². The van der Waals surface area contributed by atoms with Crippen LogP contribution in [0, 0.1) is 6.92 Å². The molecule has 0 unspecified atom stereocenters. The Labute approximate surface area is 147 Å². The summed E-state index contributed by atoms with van der Waals surface area (Å²) >= 11 is 0. The minimum absolute atomic E-state index is 0.332. The number of fused-ring (bicyclic) bond motifs is 1. The van der Waals surface area contributed by atoms with E-state index in [1.807, 2.05) is 19.1 Å². The van der Waals surface area contributed by atoms with Gasteiger partial charge in [-0.05, 0) is 57.2 Å². The van der Waals surface area contributed by atoms with E-state index in [2.05, 4.69) is 6.58 Å². The highest BCUT2D eigenvalue weighted by Crippen LogP contribution is 2.22. The molecule has 0 saturated carbocycles. The van der Waals surface area contributed by atoms with Gasteiger partial charge in [0.2, 0.25) is 0 Å². The molecule has 0 aliphatic rings. The van der Waals surface area contributed by atoms with Gasteiger partial charge < -0.3 is 13.9 Å². The van der Waals surface area contributed by atoms with E-state index in [0.717, 1.165) is 36.6 Å². The first-order valence-corrected chi connectivity index (χ1v) is 8.47. The molecule has 2 aromatic rings. The highest BCUT2D eigenvalue weighted by atomic mass is 16.5. The third-order valence-electron chi connectivity index (χ3n) is 3.81. The molecule has 134 valence electrons. The van der Waals surface area contributed by atoms with Gasteiger partial charge in [0.15, 0.2) is 0 Å². The summed E-state index contributed by atoms with van der Waals surface area (Å²) in [7, 11) is 0. The number of unbranched alkanes of at least 4 members (excludes halogenated alkanes) is 3. The zero-order chi connectivity index (χ0) is 18.2. The fourth-order valence-electron chi connectivity index (χ4n) is 2.43. The van der Waals surface area contributed by atoms with Gasteiger partial charge in [0.25, 0.3) is 0 Å². The van der Waals surface area contributed by atoms with Crippen molar-refractivity contribution in [3.05, 3.63) is 52.4 Å². The highest BCUT2D eigenvalue weighted by molar-refractivity contribution is 5.86. The first-order chi connectivity index (χ1) is 12.0. The van der Waals surface area contributed by atoms with Crippen LogP contribution in [0.4, 0.5) is 0 Å². The lowest BCUT2D eigenvalue weighted by Crippen LogP contribution is -2.06. The van der Waals surface area contributed by atoms with Gasteiger partial charge in [-0.3, -0.25) is 0 Å². The van der Waals surface area contributed by atoms with Crippen LogP contribution in [0.3, 0.4) is 0 Å². The summed E-state index contributed by atoms with van der Waals surface area (Å²) in [6.45, 7) is 8.07. The standard InChI is InChI=1S/C20H24O5/c1-14(2)20(22)24-11-7-5-4-6-10-23-16-8-9-17-15(3)12-19(21)25-18(17)13-16/h8-9,12-13H,1,4-7,10-11H2,2-3H3. The third-order valence-corrected chi connectivity index (χ3v) is 3.81. The molecule has 0 aliphatic carbocycles. The van der Waals surface area contributed by atoms with Crippen molar-refractivity contribution < 1.29 is 18.7 Å². The van der Waals surface area contributed by atoms with Crippen LogP contribution in [0.15, 0.2) is 45.6 Å². The quantitative estimate of drug-likeness (QED) is 0.296. The number of carbonyl (C=O) groups is 1. The smallest absolute Gasteiger partial charge is 0.336 e. The summed E-state index contributed by atoms with van der Waals surface area (Å²) in [6, 6.07) is 7.02. The van der Waals surface area contributed by atoms with Crippen LogP contribution < -0.4 is 10.4 Å². The van der Waals surface area contributed by atoms with E-state index in [4.69, 9.17) is 13.9 Å². The van der Waals surface area contributed by atoms with Gasteiger partial charge in [0.05, 0.1) is 13.2 Å². The SMILES string of the molecule is C=C(C)C(=O)OCCCCCCOc1ccc2c(C)cc(=O)oc2c1. The normalized spacial score (nSPS) is 10.6. The molecule has 1 aromatic carbocycles. The molecule has 0 saturated heterocycles. The van der Waals surface area contributed by atoms with Crippen LogP contribution in [-0.4, -0.2) is 19.2 Å². The Morgan fingerprint density at radius 2 is 1.84 bits per heavy atom. The van der Waals surface area contributed by atoms with Gasteiger partial charge in [0.1, 0.15) is 11.3 Å². The molecular weight excluding hydrogens is 320 g/mol. The van der Waals surface area contributed by atoms with Crippen molar-refractivity contribution in [1.82, 2.24) is 0 Å². The molecule has 0 bridgehead atoms. The van der Waals surface area contributed by atoms with Gasteiger partial charge in [-0.2, -0.15) is 0 Å². The summed E-state index contributed by atoms with van der Waals surface area (Å²) < 4.78 is 16.0. The van der Waals surface area contributed by atoms with E-state index < -0.39 is 0 Å². The Kier molecular flexibility index (Phi) is 6.81. The lowest BCUT2D eigenvalue weighted by molar-refractivity contribution is -0.139. The van der Waals surface area contributed by atoms with Gasteiger partial charge in [-0.25, -0.2) is 9.59 Å². The van der Waals surface area contributed by atoms with Crippen LogP contribution in [-0.2, 0) is 9.53 Å². The number of ether oxygens (including phenoxy) is 2. The summed E-state index contributed by atoms with van der Waals surface area (Å²) in [6.07, 6.45) is 3.70. The number of esters is 1. The second-order valence-corrected chi connectivity index (χ2v) is 6.09. The first-order valence-electron chi connectivity index (χ1n) is 8.47. The maximum atomic E-state index is 11.4. The van der Waals surface area contributed by atoms with Crippen molar-refractivity contribution >= 4 is 16.9 Å². The first kappa shape index (κ1) is 18.8. The zero-order valence-corrected chi connectivity index (χ0v) is 14.8. The molecule has 5 nitrogen and oxygen atoms in total. The Hall–Kier alpha value is -2.56. The van der Waals surface area contributed by atoms with E-state index in [1.165, 1.54) is 6.07 Å². The molecule has 2 rings (SSSR count). The van der Waals surface area contributed by atoms with Crippen LogP contribution in [0.2, 0.25) is 0 Å². The number of hydrogen-bond donors (Lipinski definition) is 0. The Bertz CT molecular complexity index is 803. The minimum atomic E-state index is -0.352. The molecule has 5 heteroatoms. The summed E-state index contributed by atoms with van der Waals surface area (Å²) in [5.74, 6) is 0.359. The van der Waals surface area contributed by atoms with Crippen LogP contribution in [0.5, 0.6) is 5.75 Å². The van der Waals surface area contributed by atoms with Crippen molar-refractivity contribution in [1.29, 1.82) is 0 Å². The van der Waals surface area contributed by atoms with Crippen molar-refractivity contribution in [3.63, 3.8) is 0 Å². The molecule has 0 aliphatic heterocycles. The van der Waals surface area contributed by atoms with Crippen molar-refractivity contribution in [2.75, 3.05) is 13.2 Å². The van der Waals surface area contributed by atoms with Gasteiger partial charge in [-0.1, -0.05) is 6.58 Å². The molecule has 0 N–H and O–H groups in total. The Balaban J connectivity index is 1.68. The zero-order valence-electron chi connectivity index (χ0n) is 14.8. The van der Waals surface area contributed by atoms with Gasteiger partial charge in [0, 0.05) is 23.1 Å². The number of carbonyl (C=O) groups excluding carboxylic acids is 1. The molecular formula is C20H24O5. The number of aryl methyl sites for hydroxylation is 1. The fraction of sp³-hybridized carbons (Fsp3) is 0.400. The second-order valence-electron chi connectivity index (χ2n) is 6.09. The molecule has 0 amide bonds. The van der Waals surface area contributed by atoms with Gasteiger partial charge >= 0.3 is 11.6 Å². The number of benzene rings is 1. The lowest BCUT2D eigenvalue weighted by Gasteiger charge is -2.08. The summed E-state index contributed by atoms with van der Waals surface area (Å²) in [4.78, 5) is 22.6. The van der Waals surface area contributed by atoms with Gasteiger partial charge in [-0.15, -0.1) is 0 Å². The van der Waals surface area contributed by atoms with Crippen LogP contribution in [0.25, 0.3) is 11.0 Å². The monoisotopic (exact) mass is 344 g/mol. The average molecular weight is 344 g/mol. The molecule has 0 radical (unpaired) electrons. The predicted molar refractivity (Wildman–Crippen MR) is 97.0 cm³/mol. The van der Waals surface area contributed by atoms with E-state index in [-0.39, 0.29) is 11.6 Å². The van der Waals surface area contributed by atoms with E-state index in [0.29, 0.717) is 30.1 Å². The van der Waals surface area contributed by atoms with Crippen molar-refractivity contribution in [3.8, 4) is 5.75 Å². The molecule has 25 heavy (non-hydrogen) atoms. The lowest BCUT2D eigenvalue weighted by atomic mass is 10.1. The van der Waals surface area contributed by atoms with Crippen LogP contribution in [0.1, 0.15) is 38.2 Å². The maximum absolute atomic E-state index is 11.4. The van der Waals surface area contributed by atoms with Crippen LogP contribution >= 0.6 is 0 Å². The van der Waals surface area contributed by atoms with Crippen molar-refractivity contribution in [2.24, 2.45) is 0 Å².